The van der Waals surface area contributed by atoms with Crippen LogP contribution in [-0.4, -0.2) is 34.8 Å². The molecule has 1 aliphatic carbocycles. The molecule has 7 nitrogen and oxygen atoms in total. The average Bonchev–Trinajstić information content (AvgIpc) is 2.67. The summed E-state index contributed by atoms with van der Waals surface area (Å²) in [4.78, 5) is 29.0. The van der Waals surface area contributed by atoms with Gasteiger partial charge < -0.3 is 5.11 Å². The molecule has 1 atom stereocenters. The van der Waals surface area contributed by atoms with Gasteiger partial charge in [-0.05, 0) is 30.5 Å². The molecule has 0 saturated heterocycles. The zero-order valence-corrected chi connectivity index (χ0v) is 16.1. The summed E-state index contributed by atoms with van der Waals surface area (Å²) in [7, 11) is -3.40. The number of hydrogen-bond acceptors (Lipinski definition) is 5. The van der Waals surface area contributed by atoms with Crippen LogP contribution in [0, 0.1) is 5.92 Å². The highest BCUT2D eigenvalue weighted by Crippen LogP contribution is 2.30. The molecule has 3 rings (SSSR count). The number of nitrogens with zero attached hydrogens (tertiary/aromatic N) is 2. The van der Waals surface area contributed by atoms with Crippen LogP contribution in [-0.2, 0) is 14.6 Å². The van der Waals surface area contributed by atoms with Gasteiger partial charge in [0.15, 0.2) is 9.84 Å². The SMILES string of the molecule is CCS(=O)(=O)c1ccc2c(=O)n(C(CC3CCCCC3)C(=O)O)cnc2c1. The van der Waals surface area contributed by atoms with Gasteiger partial charge >= 0.3 is 5.97 Å². The fourth-order valence-corrected chi connectivity index (χ4v) is 4.67. The number of aromatic nitrogens is 2. The minimum absolute atomic E-state index is 0.0436. The van der Waals surface area contributed by atoms with Gasteiger partial charge in [-0.3, -0.25) is 9.36 Å². The number of benzene rings is 1. The van der Waals surface area contributed by atoms with Crippen molar-refractivity contribution in [3.63, 3.8) is 0 Å². The minimum atomic E-state index is -3.40. The Bertz CT molecular complexity index is 1010. The van der Waals surface area contributed by atoms with Crippen molar-refractivity contribution in [1.82, 2.24) is 9.55 Å². The van der Waals surface area contributed by atoms with E-state index < -0.39 is 27.4 Å². The molecule has 1 saturated carbocycles. The molecule has 0 bridgehead atoms. The Morgan fingerprint density at radius 2 is 2.00 bits per heavy atom. The average molecular weight is 392 g/mol. The van der Waals surface area contributed by atoms with Crippen molar-refractivity contribution in [3.05, 3.63) is 34.9 Å². The molecule has 1 fully saturated rings. The van der Waals surface area contributed by atoms with Crippen LogP contribution in [0.25, 0.3) is 10.9 Å². The van der Waals surface area contributed by atoms with Gasteiger partial charge in [0, 0.05) is 0 Å². The lowest BCUT2D eigenvalue weighted by atomic mass is 9.85. The number of sulfone groups is 1. The first-order valence-corrected chi connectivity index (χ1v) is 10.9. The van der Waals surface area contributed by atoms with E-state index in [1.54, 1.807) is 6.92 Å². The van der Waals surface area contributed by atoms with Gasteiger partial charge in [-0.15, -0.1) is 0 Å². The van der Waals surface area contributed by atoms with E-state index in [1.807, 2.05) is 0 Å². The van der Waals surface area contributed by atoms with Gasteiger partial charge in [0.05, 0.1) is 27.9 Å². The quantitative estimate of drug-likeness (QED) is 0.810. The summed E-state index contributed by atoms with van der Waals surface area (Å²) in [5, 5.41) is 9.89. The molecule has 1 aromatic heterocycles. The Morgan fingerprint density at radius 3 is 2.63 bits per heavy atom. The van der Waals surface area contributed by atoms with Crippen LogP contribution in [0.4, 0.5) is 0 Å². The lowest BCUT2D eigenvalue weighted by Crippen LogP contribution is -2.32. The van der Waals surface area contributed by atoms with Crippen LogP contribution in [0.3, 0.4) is 0 Å². The number of carboxylic acid groups (broad SMARTS) is 1. The topological polar surface area (TPSA) is 106 Å². The van der Waals surface area contributed by atoms with Crippen molar-refractivity contribution in [2.75, 3.05) is 5.75 Å². The first-order chi connectivity index (χ1) is 12.8. The molecule has 1 unspecified atom stereocenters. The maximum absolute atomic E-state index is 12.9. The van der Waals surface area contributed by atoms with Gasteiger partial charge in [-0.2, -0.15) is 0 Å². The largest absolute Gasteiger partial charge is 0.480 e. The van der Waals surface area contributed by atoms with E-state index in [0.29, 0.717) is 12.3 Å². The lowest BCUT2D eigenvalue weighted by Gasteiger charge is -2.25. The van der Waals surface area contributed by atoms with Crippen molar-refractivity contribution in [3.8, 4) is 0 Å². The highest BCUT2D eigenvalue weighted by atomic mass is 32.2. The normalized spacial score (nSPS) is 17.1. The number of aliphatic carboxylic acids is 1. The third-order valence-electron chi connectivity index (χ3n) is 5.40. The van der Waals surface area contributed by atoms with E-state index in [4.69, 9.17) is 0 Å². The Balaban J connectivity index is 2.00. The Hall–Kier alpha value is -2.22. The van der Waals surface area contributed by atoms with Crippen LogP contribution in [0.2, 0.25) is 0 Å². The van der Waals surface area contributed by atoms with Gasteiger partial charge in [-0.25, -0.2) is 18.2 Å². The zero-order chi connectivity index (χ0) is 19.6. The molecule has 1 aliphatic rings. The summed E-state index contributed by atoms with van der Waals surface area (Å²) in [6.45, 7) is 1.55. The second kappa shape index (κ2) is 7.80. The number of carboxylic acids is 1. The summed E-state index contributed by atoms with van der Waals surface area (Å²) in [5.41, 5.74) is -0.198. The molecular formula is C19H24N2O5S. The molecule has 0 amide bonds. The Labute approximate surface area is 158 Å². The van der Waals surface area contributed by atoms with E-state index in [1.165, 1.54) is 35.5 Å². The fraction of sp³-hybridized carbons (Fsp3) is 0.526. The van der Waals surface area contributed by atoms with Crippen LogP contribution < -0.4 is 5.56 Å². The standard InChI is InChI=1S/C19H24N2O5S/c1-2-27(25,26)14-8-9-15-16(11-14)20-12-21(18(15)22)17(19(23)24)10-13-6-4-3-5-7-13/h8-9,11-13,17H,2-7,10H2,1H3,(H,23,24). The summed E-state index contributed by atoms with van der Waals surface area (Å²) in [6, 6.07) is 3.21. The zero-order valence-electron chi connectivity index (χ0n) is 15.3. The number of hydrogen-bond donors (Lipinski definition) is 1. The number of fused-ring (bicyclic) bond motifs is 1. The van der Waals surface area contributed by atoms with E-state index in [0.717, 1.165) is 25.7 Å². The monoisotopic (exact) mass is 392 g/mol. The smallest absolute Gasteiger partial charge is 0.326 e. The fourth-order valence-electron chi connectivity index (χ4n) is 3.77. The molecule has 1 heterocycles. The van der Waals surface area contributed by atoms with Crippen molar-refractivity contribution in [2.45, 2.75) is 56.4 Å². The number of carbonyl (C=O) groups is 1. The number of rotatable bonds is 6. The predicted octanol–water partition coefficient (Wildman–Crippen LogP) is 2.79. The Kier molecular flexibility index (Phi) is 5.64. The van der Waals surface area contributed by atoms with Crippen LogP contribution >= 0.6 is 0 Å². The molecule has 27 heavy (non-hydrogen) atoms. The van der Waals surface area contributed by atoms with E-state index in [-0.39, 0.29) is 21.6 Å². The van der Waals surface area contributed by atoms with Crippen molar-refractivity contribution in [2.24, 2.45) is 5.92 Å². The van der Waals surface area contributed by atoms with Crippen LogP contribution in [0.5, 0.6) is 0 Å². The van der Waals surface area contributed by atoms with Gasteiger partial charge in [-0.1, -0.05) is 39.0 Å². The first kappa shape index (κ1) is 19.5. The maximum atomic E-state index is 12.9. The summed E-state index contributed by atoms with van der Waals surface area (Å²) in [5.74, 6) is -0.800. The maximum Gasteiger partial charge on any atom is 0.326 e. The minimum Gasteiger partial charge on any atom is -0.480 e. The molecule has 0 radical (unpaired) electrons. The summed E-state index contributed by atoms with van der Waals surface area (Å²) < 4.78 is 25.2. The van der Waals surface area contributed by atoms with E-state index in [9.17, 15) is 23.1 Å². The second-order valence-corrected chi connectivity index (χ2v) is 9.41. The molecule has 2 aromatic rings. The molecule has 146 valence electrons. The van der Waals surface area contributed by atoms with Gasteiger partial charge in [0.1, 0.15) is 6.04 Å². The third-order valence-corrected chi connectivity index (χ3v) is 7.13. The van der Waals surface area contributed by atoms with Crippen molar-refractivity contribution < 1.29 is 18.3 Å². The third kappa shape index (κ3) is 4.05. The molecule has 1 aromatic carbocycles. The summed E-state index contributed by atoms with van der Waals surface area (Å²) in [6.07, 6.45) is 6.97. The van der Waals surface area contributed by atoms with Gasteiger partial charge in [0.2, 0.25) is 0 Å². The van der Waals surface area contributed by atoms with Crippen molar-refractivity contribution in [1.29, 1.82) is 0 Å². The first-order valence-electron chi connectivity index (χ1n) is 9.30. The van der Waals surface area contributed by atoms with Crippen molar-refractivity contribution >= 4 is 26.7 Å². The molecular weight excluding hydrogens is 368 g/mol. The lowest BCUT2D eigenvalue weighted by molar-refractivity contribution is -0.141. The molecule has 8 heteroatoms. The second-order valence-electron chi connectivity index (χ2n) is 7.13. The highest BCUT2D eigenvalue weighted by Gasteiger charge is 2.27. The molecule has 1 N–H and O–H groups in total. The summed E-state index contributed by atoms with van der Waals surface area (Å²) >= 11 is 0. The Morgan fingerprint density at radius 1 is 1.30 bits per heavy atom. The van der Waals surface area contributed by atoms with E-state index in [2.05, 4.69) is 4.98 Å². The predicted molar refractivity (Wildman–Crippen MR) is 102 cm³/mol. The van der Waals surface area contributed by atoms with E-state index >= 15 is 0 Å². The van der Waals surface area contributed by atoms with Crippen LogP contribution in [0.1, 0.15) is 51.5 Å². The highest BCUT2D eigenvalue weighted by molar-refractivity contribution is 7.91. The molecule has 0 aliphatic heterocycles. The molecule has 0 spiro atoms. The van der Waals surface area contributed by atoms with Gasteiger partial charge in [0.25, 0.3) is 5.56 Å². The van der Waals surface area contributed by atoms with Crippen LogP contribution in [0.15, 0.2) is 34.2 Å².